The first kappa shape index (κ1) is 14.1. The molecule has 0 fully saturated rings. The predicted molar refractivity (Wildman–Crippen MR) is 55.9 cm³/mol. The predicted octanol–water partition coefficient (Wildman–Crippen LogP) is 0.339. The Balaban J connectivity index is 4.36. The molecule has 0 aliphatic heterocycles. The first-order chi connectivity index (χ1) is 6.81. The summed E-state index contributed by atoms with van der Waals surface area (Å²) in [7, 11) is 0. The number of ether oxygens (including phenoxy) is 1. The normalized spacial score (nSPS) is 13.4. The Kier molecular flexibility index (Phi) is 5.46. The Labute approximate surface area is 89.6 Å². The number of hydrogen-bond donors (Lipinski definition) is 3. The van der Waals surface area contributed by atoms with Crippen molar-refractivity contribution >= 4 is 11.7 Å². The van der Waals surface area contributed by atoms with E-state index in [1.165, 1.54) is 0 Å². The highest BCUT2D eigenvalue weighted by Gasteiger charge is 2.25. The molecule has 88 valence electrons. The molecule has 15 heavy (non-hydrogen) atoms. The lowest BCUT2D eigenvalue weighted by Crippen LogP contribution is -2.34. The number of aliphatic hydroxyl groups excluding tert-OH is 2. The molecule has 0 radical (unpaired) electrons. The van der Waals surface area contributed by atoms with Crippen LogP contribution in [0.3, 0.4) is 0 Å². The molecule has 0 spiro atoms. The van der Waals surface area contributed by atoms with Gasteiger partial charge in [-0.3, -0.25) is 5.41 Å². The fourth-order valence-corrected chi connectivity index (χ4v) is 0.982. The van der Waals surface area contributed by atoms with Gasteiger partial charge >= 0.3 is 5.97 Å². The zero-order valence-corrected chi connectivity index (χ0v) is 9.41. The molecule has 1 unspecified atom stereocenters. The molecule has 5 nitrogen and oxygen atoms in total. The van der Waals surface area contributed by atoms with Crippen LogP contribution in [0, 0.1) is 11.3 Å². The van der Waals surface area contributed by atoms with Gasteiger partial charge < -0.3 is 14.9 Å². The van der Waals surface area contributed by atoms with Crippen LogP contribution in [-0.2, 0) is 9.53 Å². The lowest BCUT2D eigenvalue weighted by Gasteiger charge is -2.21. The molecule has 5 heteroatoms. The highest BCUT2D eigenvalue weighted by atomic mass is 16.6. The molecule has 0 aromatic carbocycles. The van der Waals surface area contributed by atoms with Crippen molar-refractivity contribution in [3.63, 3.8) is 0 Å². The highest BCUT2D eigenvalue weighted by Crippen LogP contribution is 2.11. The average molecular weight is 217 g/mol. The smallest absolute Gasteiger partial charge is 0.352 e. The topological polar surface area (TPSA) is 90.6 Å². The van der Waals surface area contributed by atoms with Gasteiger partial charge in [0.2, 0.25) is 0 Å². The summed E-state index contributed by atoms with van der Waals surface area (Å²) in [5.41, 5.74) is -0.940. The van der Waals surface area contributed by atoms with Crippen molar-refractivity contribution < 1.29 is 19.7 Å². The molecule has 0 rings (SSSR count). The standard InChI is InChI=1S/C10H19NO4/c1-10(2,3)15-9(14)8(11)7(6-13)4-5-12/h7,11-13H,4-6H2,1-3H3. The quantitative estimate of drug-likeness (QED) is 0.457. The molecule has 0 aliphatic rings. The first-order valence-corrected chi connectivity index (χ1v) is 4.85. The van der Waals surface area contributed by atoms with E-state index in [-0.39, 0.29) is 25.3 Å². The summed E-state index contributed by atoms with van der Waals surface area (Å²) >= 11 is 0. The van der Waals surface area contributed by atoms with Crippen molar-refractivity contribution in [1.29, 1.82) is 5.41 Å². The zero-order valence-electron chi connectivity index (χ0n) is 9.41. The fraction of sp³-hybridized carbons (Fsp3) is 0.800. The maximum absolute atomic E-state index is 11.4. The summed E-state index contributed by atoms with van der Waals surface area (Å²) in [5, 5.41) is 25.1. The maximum Gasteiger partial charge on any atom is 0.352 e. The van der Waals surface area contributed by atoms with Gasteiger partial charge in [-0.15, -0.1) is 0 Å². The van der Waals surface area contributed by atoms with Crippen LogP contribution >= 0.6 is 0 Å². The summed E-state index contributed by atoms with van der Waals surface area (Å²) < 4.78 is 4.97. The Hall–Kier alpha value is -0.940. The second-order valence-corrected chi connectivity index (χ2v) is 4.31. The van der Waals surface area contributed by atoms with Gasteiger partial charge in [0, 0.05) is 12.5 Å². The molecule has 0 amide bonds. The Bertz CT molecular complexity index is 232. The van der Waals surface area contributed by atoms with Crippen molar-refractivity contribution in [2.24, 2.45) is 5.92 Å². The Morgan fingerprint density at radius 1 is 1.40 bits per heavy atom. The van der Waals surface area contributed by atoms with E-state index in [1.54, 1.807) is 20.8 Å². The van der Waals surface area contributed by atoms with E-state index in [0.29, 0.717) is 0 Å². The van der Waals surface area contributed by atoms with Crippen molar-refractivity contribution in [3.8, 4) is 0 Å². The molecule has 0 saturated heterocycles. The summed E-state index contributed by atoms with van der Waals surface area (Å²) in [5.74, 6) is -1.39. The van der Waals surface area contributed by atoms with E-state index in [0.717, 1.165) is 0 Å². The summed E-state index contributed by atoms with van der Waals surface area (Å²) in [6, 6.07) is 0. The zero-order chi connectivity index (χ0) is 12.1. The van der Waals surface area contributed by atoms with E-state index < -0.39 is 17.5 Å². The molecule has 0 saturated carbocycles. The summed E-state index contributed by atoms with van der Waals surface area (Å²) in [6.45, 7) is 4.61. The number of carbonyl (C=O) groups excluding carboxylic acids is 1. The van der Waals surface area contributed by atoms with Gasteiger partial charge in [-0.2, -0.15) is 0 Å². The third-order valence-corrected chi connectivity index (χ3v) is 1.72. The minimum Gasteiger partial charge on any atom is -0.455 e. The largest absolute Gasteiger partial charge is 0.455 e. The van der Waals surface area contributed by atoms with E-state index in [4.69, 9.17) is 20.4 Å². The van der Waals surface area contributed by atoms with Crippen molar-refractivity contribution in [2.45, 2.75) is 32.8 Å². The molecule has 0 aromatic rings. The molecular formula is C10H19NO4. The van der Waals surface area contributed by atoms with Gasteiger partial charge in [-0.1, -0.05) is 0 Å². The van der Waals surface area contributed by atoms with Crippen molar-refractivity contribution in [1.82, 2.24) is 0 Å². The van der Waals surface area contributed by atoms with Crippen LogP contribution in [0.2, 0.25) is 0 Å². The van der Waals surface area contributed by atoms with Gasteiger partial charge in [0.25, 0.3) is 0 Å². The minimum atomic E-state index is -0.741. The lowest BCUT2D eigenvalue weighted by molar-refractivity contribution is -0.146. The summed E-state index contributed by atoms with van der Waals surface area (Å²) in [4.78, 5) is 11.4. The molecule has 3 N–H and O–H groups in total. The van der Waals surface area contributed by atoms with Crippen LogP contribution in [-0.4, -0.2) is 40.7 Å². The third kappa shape index (κ3) is 5.49. The van der Waals surface area contributed by atoms with Crippen LogP contribution in [0.1, 0.15) is 27.2 Å². The second kappa shape index (κ2) is 5.82. The number of rotatable bonds is 5. The fourth-order valence-electron chi connectivity index (χ4n) is 0.982. The number of hydrogen-bond acceptors (Lipinski definition) is 5. The van der Waals surface area contributed by atoms with Crippen LogP contribution < -0.4 is 0 Å². The van der Waals surface area contributed by atoms with Gasteiger partial charge in [-0.05, 0) is 27.2 Å². The van der Waals surface area contributed by atoms with Gasteiger partial charge in [0.1, 0.15) is 11.3 Å². The monoisotopic (exact) mass is 217 g/mol. The molecule has 0 aliphatic carbocycles. The number of esters is 1. The SMILES string of the molecule is CC(C)(C)OC(=O)C(=N)C(CO)CCO. The number of carbonyl (C=O) groups is 1. The lowest BCUT2D eigenvalue weighted by atomic mass is 10.0. The number of nitrogens with one attached hydrogen (secondary N) is 1. The second-order valence-electron chi connectivity index (χ2n) is 4.31. The van der Waals surface area contributed by atoms with E-state index in [2.05, 4.69) is 0 Å². The highest BCUT2D eigenvalue weighted by molar-refractivity contribution is 6.36. The summed E-state index contributed by atoms with van der Waals surface area (Å²) in [6.07, 6.45) is 0.189. The van der Waals surface area contributed by atoms with Crippen LogP contribution in [0.5, 0.6) is 0 Å². The first-order valence-electron chi connectivity index (χ1n) is 4.85. The maximum atomic E-state index is 11.4. The minimum absolute atomic E-state index is 0.170. The van der Waals surface area contributed by atoms with E-state index in [1.807, 2.05) is 0 Å². The van der Waals surface area contributed by atoms with Crippen molar-refractivity contribution in [2.75, 3.05) is 13.2 Å². The molecule has 1 atom stereocenters. The molecule has 0 bridgehead atoms. The molecular weight excluding hydrogens is 198 g/mol. The van der Waals surface area contributed by atoms with Gasteiger partial charge in [0.15, 0.2) is 0 Å². The molecule has 0 heterocycles. The van der Waals surface area contributed by atoms with Gasteiger partial charge in [-0.25, -0.2) is 4.79 Å². The van der Waals surface area contributed by atoms with Gasteiger partial charge in [0.05, 0.1) is 6.61 Å². The van der Waals surface area contributed by atoms with Crippen LogP contribution in [0.25, 0.3) is 0 Å². The average Bonchev–Trinajstić information content (AvgIpc) is 2.10. The molecule has 0 aromatic heterocycles. The van der Waals surface area contributed by atoms with Crippen molar-refractivity contribution in [3.05, 3.63) is 0 Å². The number of aliphatic hydroxyl groups is 2. The van der Waals surface area contributed by atoms with E-state index in [9.17, 15) is 4.79 Å². The Morgan fingerprint density at radius 2 is 1.93 bits per heavy atom. The van der Waals surface area contributed by atoms with Crippen LogP contribution in [0.4, 0.5) is 0 Å². The Morgan fingerprint density at radius 3 is 2.27 bits per heavy atom. The van der Waals surface area contributed by atoms with E-state index >= 15 is 0 Å². The van der Waals surface area contributed by atoms with Crippen LogP contribution in [0.15, 0.2) is 0 Å². The third-order valence-electron chi connectivity index (χ3n) is 1.72.